The molecule has 0 unspecified atom stereocenters. The van der Waals surface area contributed by atoms with E-state index < -0.39 is 5.97 Å². The van der Waals surface area contributed by atoms with Crippen LogP contribution >= 0.6 is 11.8 Å². The Morgan fingerprint density at radius 3 is 2.42 bits per heavy atom. The third-order valence-corrected chi connectivity index (χ3v) is 3.87. The first-order valence-corrected chi connectivity index (χ1v) is 8.04. The Morgan fingerprint density at radius 1 is 1.21 bits per heavy atom. The van der Waals surface area contributed by atoms with Gasteiger partial charge in [0.15, 0.2) is 5.16 Å². The van der Waals surface area contributed by atoms with Gasteiger partial charge in [0.25, 0.3) is 0 Å². The van der Waals surface area contributed by atoms with Crippen LogP contribution in [0.25, 0.3) is 0 Å². The summed E-state index contributed by atoms with van der Waals surface area (Å²) >= 11 is 1.11. The smallest absolute Gasteiger partial charge is 0.340 e. The van der Waals surface area contributed by atoms with Gasteiger partial charge in [0, 0.05) is 4.90 Å². The van der Waals surface area contributed by atoms with E-state index in [2.05, 4.69) is 9.97 Å². The fraction of sp³-hybridized carbons (Fsp3) is 0.312. The van der Waals surface area contributed by atoms with Crippen molar-refractivity contribution in [3.8, 4) is 17.5 Å². The van der Waals surface area contributed by atoms with E-state index in [1.165, 1.54) is 14.2 Å². The number of aromatic nitrogens is 2. The van der Waals surface area contributed by atoms with Gasteiger partial charge < -0.3 is 19.3 Å². The van der Waals surface area contributed by atoms with E-state index in [-0.39, 0.29) is 5.56 Å². The zero-order valence-corrected chi connectivity index (χ0v) is 14.4. The van der Waals surface area contributed by atoms with Gasteiger partial charge in [0.05, 0.1) is 26.9 Å². The normalized spacial score (nSPS) is 10.3. The monoisotopic (exact) mass is 350 g/mol. The van der Waals surface area contributed by atoms with Gasteiger partial charge in [-0.1, -0.05) is 13.0 Å². The average molecular weight is 350 g/mol. The molecule has 0 fully saturated rings. The Labute approximate surface area is 144 Å². The van der Waals surface area contributed by atoms with Gasteiger partial charge in [-0.15, -0.1) is 0 Å². The lowest BCUT2D eigenvalue weighted by Crippen LogP contribution is -2.06. The summed E-state index contributed by atoms with van der Waals surface area (Å²) in [5.74, 6) is -0.0810. The fourth-order valence-electron chi connectivity index (χ4n) is 1.88. The van der Waals surface area contributed by atoms with Crippen LogP contribution in [0.1, 0.15) is 23.7 Å². The summed E-state index contributed by atoms with van der Waals surface area (Å²) in [4.78, 5) is 20.5. The first-order valence-electron chi connectivity index (χ1n) is 7.23. The van der Waals surface area contributed by atoms with Crippen LogP contribution in [0.15, 0.2) is 34.3 Å². The number of benzene rings is 1. The Morgan fingerprint density at radius 2 is 1.88 bits per heavy atom. The second kappa shape index (κ2) is 8.39. The molecule has 1 aromatic heterocycles. The number of carboxylic acid groups (broad SMARTS) is 1. The van der Waals surface area contributed by atoms with Crippen molar-refractivity contribution in [2.24, 2.45) is 0 Å². The highest BCUT2D eigenvalue weighted by Gasteiger charge is 2.19. The molecule has 0 saturated carbocycles. The molecule has 1 aromatic carbocycles. The molecule has 0 aliphatic rings. The molecule has 7 nitrogen and oxygen atoms in total. The van der Waals surface area contributed by atoms with Gasteiger partial charge in [0.2, 0.25) is 11.8 Å². The first-order chi connectivity index (χ1) is 11.6. The summed E-state index contributed by atoms with van der Waals surface area (Å²) < 4.78 is 15.7. The van der Waals surface area contributed by atoms with E-state index >= 15 is 0 Å². The molecule has 0 saturated heterocycles. The molecule has 2 aromatic rings. The van der Waals surface area contributed by atoms with E-state index in [0.717, 1.165) is 18.2 Å². The molecular formula is C16H18N2O5S. The quantitative estimate of drug-likeness (QED) is 0.726. The van der Waals surface area contributed by atoms with Crippen molar-refractivity contribution in [2.45, 2.75) is 23.4 Å². The highest BCUT2D eigenvalue weighted by atomic mass is 32.2. The highest BCUT2D eigenvalue weighted by Crippen LogP contribution is 2.35. The van der Waals surface area contributed by atoms with E-state index in [1.54, 1.807) is 24.3 Å². The van der Waals surface area contributed by atoms with Crippen LogP contribution in [-0.2, 0) is 0 Å². The van der Waals surface area contributed by atoms with Crippen molar-refractivity contribution in [1.82, 2.24) is 9.97 Å². The molecule has 0 radical (unpaired) electrons. The third-order valence-electron chi connectivity index (χ3n) is 2.94. The van der Waals surface area contributed by atoms with E-state index in [1.807, 2.05) is 6.92 Å². The lowest BCUT2D eigenvalue weighted by Gasteiger charge is -2.12. The molecule has 2 rings (SSSR count). The van der Waals surface area contributed by atoms with Crippen LogP contribution in [-0.4, -0.2) is 41.9 Å². The van der Waals surface area contributed by atoms with E-state index in [4.69, 9.17) is 14.2 Å². The summed E-state index contributed by atoms with van der Waals surface area (Å²) in [6, 6.07) is 6.60. The minimum atomic E-state index is -1.07. The Hall–Kier alpha value is -2.48. The molecule has 0 bridgehead atoms. The molecule has 1 N–H and O–H groups in total. The van der Waals surface area contributed by atoms with Crippen molar-refractivity contribution in [1.29, 1.82) is 0 Å². The predicted octanol–water partition coefficient (Wildman–Crippen LogP) is 3.13. The lowest BCUT2D eigenvalue weighted by molar-refractivity contribution is 0.0688. The number of carbonyl (C=O) groups is 1. The van der Waals surface area contributed by atoms with Gasteiger partial charge in [-0.25, -0.2) is 4.79 Å². The molecule has 24 heavy (non-hydrogen) atoms. The molecule has 0 atom stereocenters. The largest absolute Gasteiger partial charge is 0.493 e. The second-order valence-electron chi connectivity index (χ2n) is 4.62. The summed E-state index contributed by atoms with van der Waals surface area (Å²) in [5, 5.41) is 9.86. The molecule has 1 heterocycles. The Kier molecular flexibility index (Phi) is 6.25. The third kappa shape index (κ3) is 4.29. The highest BCUT2D eigenvalue weighted by molar-refractivity contribution is 7.99. The lowest BCUT2D eigenvalue weighted by atomic mass is 10.2. The molecule has 0 aliphatic carbocycles. The maximum atomic E-state index is 11.7. The molecule has 0 amide bonds. The van der Waals surface area contributed by atoms with Crippen molar-refractivity contribution in [3.05, 3.63) is 29.8 Å². The number of rotatable bonds is 8. The SMILES string of the molecule is CCCOc1cccc(Sc2nc(OC)cc(OC)n2)c1C(=O)O. The van der Waals surface area contributed by atoms with Crippen molar-refractivity contribution < 1.29 is 24.1 Å². The van der Waals surface area contributed by atoms with Crippen LogP contribution < -0.4 is 14.2 Å². The van der Waals surface area contributed by atoms with Gasteiger partial charge >= 0.3 is 5.97 Å². The van der Waals surface area contributed by atoms with Gasteiger partial charge in [-0.3, -0.25) is 0 Å². The minimum Gasteiger partial charge on any atom is -0.493 e. The first kappa shape index (κ1) is 17.9. The van der Waals surface area contributed by atoms with Crippen LogP contribution in [0.5, 0.6) is 17.5 Å². The summed E-state index contributed by atoms with van der Waals surface area (Å²) in [5.41, 5.74) is 0.0846. The zero-order valence-electron chi connectivity index (χ0n) is 13.6. The minimum absolute atomic E-state index is 0.0846. The Bertz CT molecular complexity index is 701. The topological polar surface area (TPSA) is 90.8 Å². The Balaban J connectivity index is 2.40. The molecule has 128 valence electrons. The summed E-state index contributed by atoms with van der Waals surface area (Å²) in [6.45, 7) is 2.40. The summed E-state index contributed by atoms with van der Waals surface area (Å²) in [7, 11) is 2.97. The van der Waals surface area contributed by atoms with Crippen LogP contribution in [0.2, 0.25) is 0 Å². The number of hydrogen-bond acceptors (Lipinski definition) is 7. The number of aromatic carboxylic acids is 1. The number of methoxy groups -OCH3 is 2. The average Bonchev–Trinajstić information content (AvgIpc) is 2.59. The van der Waals surface area contributed by atoms with Gasteiger partial charge in [-0.2, -0.15) is 9.97 Å². The standard InChI is InChI=1S/C16H18N2O5S/c1-4-8-23-10-6-5-7-11(14(10)15(19)20)24-16-17-12(21-2)9-13(18-16)22-3/h5-7,9H,4,8H2,1-3H3,(H,19,20). The molecule has 0 aliphatic heterocycles. The number of nitrogens with zero attached hydrogens (tertiary/aromatic N) is 2. The number of hydrogen-bond donors (Lipinski definition) is 1. The maximum Gasteiger partial charge on any atom is 0.340 e. The van der Waals surface area contributed by atoms with E-state index in [0.29, 0.717) is 34.2 Å². The second-order valence-corrected chi connectivity index (χ2v) is 5.63. The van der Waals surface area contributed by atoms with Crippen molar-refractivity contribution in [2.75, 3.05) is 20.8 Å². The molecular weight excluding hydrogens is 332 g/mol. The number of carboxylic acids is 1. The summed E-state index contributed by atoms with van der Waals surface area (Å²) in [6.07, 6.45) is 0.784. The van der Waals surface area contributed by atoms with Crippen molar-refractivity contribution in [3.63, 3.8) is 0 Å². The maximum absolute atomic E-state index is 11.7. The van der Waals surface area contributed by atoms with Crippen LogP contribution in [0, 0.1) is 0 Å². The predicted molar refractivity (Wildman–Crippen MR) is 88.4 cm³/mol. The van der Waals surface area contributed by atoms with Crippen molar-refractivity contribution >= 4 is 17.7 Å². The molecule has 8 heteroatoms. The van der Waals surface area contributed by atoms with Gasteiger partial charge in [0.1, 0.15) is 11.3 Å². The fourth-order valence-corrected chi connectivity index (χ4v) is 2.78. The van der Waals surface area contributed by atoms with Gasteiger partial charge in [-0.05, 0) is 30.3 Å². The number of ether oxygens (including phenoxy) is 3. The zero-order chi connectivity index (χ0) is 17.5. The van der Waals surface area contributed by atoms with Crippen LogP contribution in [0.4, 0.5) is 0 Å². The van der Waals surface area contributed by atoms with Crippen LogP contribution in [0.3, 0.4) is 0 Å². The van der Waals surface area contributed by atoms with E-state index in [9.17, 15) is 9.90 Å². The molecule has 0 spiro atoms.